The number of aromatic carboxylic acids is 1. The highest BCUT2D eigenvalue weighted by molar-refractivity contribution is 8.00. The van der Waals surface area contributed by atoms with Crippen molar-refractivity contribution in [3.05, 3.63) is 23.9 Å². The summed E-state index contributed by atoms with van der Waals surface area (Å²) in [6, 6.07) is 2.74. The normalized spacial score (nSPS) is 12.1. The van der Waals surface area contributed by atoms with Crippen LogP contribution in [0.25, 0.3) is 0 Å². The maximum atomic E-state index is 10.8. The number of aliphatic carboxylic acids is 1. The molecule has 0 amide bonds. The number of hydrogen-bond acceptors (Lipinski definition) is 4. The number of aromatic nitrogens is 1. The molecule has 1 rings (SSSR count). The lowest BCUT2D eigenvalue weighted by Crippen LogP contribution is -2.15. The van der Waals surface area contributed by atoms with Crippen molar-refractivity contribution < 1.29 is 19.8 Å². The van der Waals surface area contributed by atoms with E-state index in [4.69, 9.17) is 10.2 Å². The van der Waals surface area contributed by atoms with Crippen LogP contribution in [0.1, 0.15) is 23.7 Å². The Morgan fingerprint density at radius 3 is 2.69 bits per heavy atom. The average Bonchev–Trinajstić information content (AvgIpc) is 2.25. The molecule has 86 valence electrons. The monoisotopic (exact) mass is 241 g/mol. The molecule has 0 radical (unpaired) electrons. The van der Waals surface area contributed by atoms with Crippen molar-refractivity contribution in [1.29, 1.82) is 0 Å². The number of nitrogens with zero attached hydrogens (tertiary/aromatic N) is 1. The molecule has 0 saturated heterocycles. The van der Waals surface area contributed by atoms with E-state index in [9.17, 15) is 9.59 Å². The lowest BCUT2D eigenvalue weighted by Gasteiger charge is -2.08. The predicted molar refractivity (Wildman–Crippen MR) is 58.8 cm³/mol. The van der Waals surface area contributed by atoms with Gasteiger partial charge in [0.05, 0.1) is 10.6 Å². The minimum Gasteiger partial charge on any atom is -0.480 e. The third-order valence-corrected chi connectivity index (χ3v) is 3.18. The third kappa shape index (κ3) is 3.23. The predicted octanol–water partition coefficient (Wildman–Crippen LogP) is 1.74. The summed E-state index contributed by atoms with van der Waals surface area (Å²) in [4.78, 5) is 25.4. The first-order valence-electron chi connectivity index (χ1n) is 4.63. The van der Waals surface area contributed by atoms with Gasteiger partial charge in [-0.2, -0.15) is 0 Å². The Balaban J connectivity index is 2.84. The summed E-state index contributed by atoms with van der Waals surface area (Å²) in [5.74, 6) is -1.97. The van der Waals surface area contributed by atoms with Gasteiger partial charge in [-0.3, -0.25) is 4.79 Å². The van der Waals surface area contributed by atoms with E-state index in [1.807, 2.05) is 0 Å². The molecule has 0 bridgehead atoms. The van der Waals surface area contributed by atoms with Crippen LogP contribution < -0.4 is 0 Å². The molecule has 0 saturated carbocycles. The summed E-state index contributed by atoms with van der Waals surface area (Å²) in [5, 5.41) is 17.4. The Morgan fingerprint density at radius 2 is 2.19 bits per heavy atom. The maximum Gasteiger partial charge on any atom is 0.335 e. The van der Waals surface area contributed by atoms with Crippen molar-refractivity contribution in [2.24, 2.45) is 0 Å². The fourth-order valence-electron chi connectivity index (χ4n) is 1.06. The third-order valence-electron chi connectivity index (χ3n) is 1.89. The quantitative estimate of drug-likeness (QED) is 0.763. The Kier molecular flexibility index (Phi) is 4.30. The molecule has 2 N–H and O–H groups in total. The number of hydrogen-bond donors (Lipinski definition) is 2. The molecule has 0 aliphatic carbocycles. The highest BCUT2D eigenvalue weighted by Gasteiger charge is 2.17. The molecule has 0 spiro atoms. The second kappa shape index (κ2) is 5.50. The summed E-state index contributed by atoms with van der Waals surface area (Å²) in [6.45, 7) is 1.76. The number of thioether (sulfide) groups is 1. The molecule has 5 nitrogen and oxygen atoms in total. The fraction of sp³-hybridized carbons (Fsp3) is 0.300. The van der Waals surface area contributed by atoms with Crippen LogP contribution in [0.3, 0.4) is 0 Å². The first-order valence-corrected chi connectivity index (χ1v) is 5.51. The van der Waals surface area contributed by atoms with E-state index in [2.05, 4.69) is 4.98 Å². The van der Waals surface area contributed by atoms with Crippen LogP contribution >= 0.6 is 11.8 Å². The number of pyridine rings is 1. The summed E-state index contributed by atoms with van der Waals surface area (Å²) in [5.41, 5.74) is 0.109. The Labute approximate surface area is 96.5 Å². The molecule has 1 unspecified atom stereocenters. The van der Waals surface area contributed by atoms with Gasteiger partial charge in [0, 0.05) is 6.20 Å². The summed E-state index contributed by atoms with van der Waals surface area (Å²) in [6.07, 6.45) is 1.82. The number of carboxylic acid groups (broad SMARTS) is 2. The van der Waals surface area contributed by atoms with Gasteiger partial charge in [0.2, 0.25) is 0 Å². The molecule has 1 aromatic rings. The molecule has 0 aliphatic heterocycles. The first kappa shape index (κ1) is 12.5. The van der Waals surface area contributed by atoms with Gasteiger partial charge >= 0.3 is 11.9 Å². The standard InChI is InChI=1S/C10H11NO4S/c1-2-7(10(14)15)16-8-5-6(9(12)13)3-4-11-8/h3-5,7H,2H2,1H3,(H,12,13)(H,14,15). The molecule has 1 heterocycles. The lowest BCUT2D eigenvalue weighted by molar-refractivity contribution is -0.136. The van der Waals surface area contributed by atoms with Gasteiger partial charge in [0.25, 0.3) is 0 Å². The molecule has 0 aliphatic rings. The lowest BCUT2D eigenvalue weighted by atomic mass is 10.3. The number of rotatable bonds is 5. The van der Waals surface area contributed by atoms with Crippen LogP contribution in [0.15, 0.2) is 23.4 Å². The zero-order valence-corrected chi connectivity index (χ0v) is 9.40. The van der Waals surface area contributed by atoms with E-state index in [-0.39, 0.29) is 5.56 Å². The smallest absolute Gasteiger partial charge is 0.335 e. The molecule has 1 aromatic heterocycles. The van der Waals surface area contributed by atoms with Crippen molar-refractivity contribution in [1.82, 2.24) is 4.98 Å². The summed E-state index contributed by atoms with van der Waals surface area (Å²) < 4.78 is 0. The highest BCUT2D eigenvalue weighted by Crippen LogP contribution is 2.24. The van der Waals surface area contributed by atoms with Crippen molar-refractivity contribution in [2.45, 2.75) is 23.6 Å². The van der Waals surface area contributed by atoms with E-state index in [1.54, 1.807) is 6.92 Å². The van der Waals surface area contributed by atoms with Crippen LogP contribution in [0, 0.1) is 0 Å². The first-order chi connectivity index (χ1) is 7.54. The van der Waals surface area contributed by atoms with Crippen molar-refractivity contribution in [3.63, 3.8) is 0 Å². The second-order valence-electron chi connectivity index (χ2n) is 3.04. The minimum absolute atomic E-state index is 0.109. The van der Waals surface area contributed by atoms with Gasteiger partial charge in [-0.05, 0) is 18.6 Å². The second-order valence-corrected chi connectivity index (χ2v) is 4.26. The Hall–Kier alpha value is -1.56. The van der Waals surface area contributed by atoms with Crippen molar-refractivity contribution in [2.75, 3.05) is 0 Å². The van der Waals surface area contributed by atoms with Crippen molar-refractivity contribution in [3.8, 4) is 0 Å². The van der Waals surface area contributed by atoms with Crippen LogP contribution in [0.2, 0.25) is 0 Å². The fourth-order valence-corrected chi connectivity index (χ4v) is 1.94. The number of carboxylic acids is 2. The van der Waals surface area contributed by atoms with E-state index in [1.165, 1.54) is 18.3 Å². The maximum absolute atomic E-state index is 10.8. The van der Waals surface area contributed by atoms with Gasteiger partial charge in [-0.15, -0.1) is 0 Å². The summed E-state index contributed by atoms with van der Waals surface area (Å²) in [7, 11) is 0. The van der Waals surface area contributed by atoms with Gasteiger partial charge in [0.1, 0.15) is 5.25 Å². The van der Waals surface area contributed by atoms with Gasteiger partial charge in [0.15, 0.2) is 0 Å². The van der Waals surface area contributed by atoms with E-state index < -0.39 is 17.2 Å². The molecule has 16 heavy (non-hydrogen) atoms. The van der Waals surface area contributed by atoms with E-state index in [0.29, 0.717) is 11.4 Å². The number of carbonyl (C=O) groups is 2. The van der Waals surface area contributed by atoms with Gasteiger partial charge < -0.3 is 10.2 Å². The molecule has 6 heteroatoms. The van der Waals surface area contributed by atoms with Gasteiger partial charge in [-0.25, -0.2) is 9.78 Å². The highest BCUT2D eigenvalue weighted by atomic mass is 32.2. The van der Waals surface area contributed by atoms with Crippen LogP contribution in [0.5, 0.6) is 0 Å². The van der Waals surface area contributed by atoms with Crippen LogP contribution in [0.4, 0.5) is 0 Å². The Morgan fingerprint density at radius 1 is 1.50 bits per heavy atom. The van der Waals surface area contributed by atoms with Gasteiger partial charge in [-0.1, -0.05) is 18.7 Å². The minimum atomic E-state index is -1.05. The van der Waals surface area contributed by atoms with Crippen LogP contribution in [-0.4, -0.2) is 32.4 Å². The molecular formula is C10H11NO4S. The molecule has 0 aromatic carbocycles. The van der Waals surface area contributed by atoms with Crippen molar-refractivity contribution >= 4 is 23.7 Å². The van der Waals surface area contributed by atoms with E-state index in [0.717, 1.165) is 11.8 Å². The molecule has 1 atom stereocenters. The zero-order chi connectivity index (χ0) is 12.1. The van der Waals surface area contributed by atoms with Crippen LogP contribution in [-0.2, 0) is 4.79 Å². The average molecular weight is 241 g/mol. The van der Waals surface area contributed by atoms with E-state index >= 15 is 0 Å². The SMILES string of the molecule is CCC(Sc1cc(C(=O)O)ccn1)C(=O)O. The zero-order valence-electron chi connectivity index (χ0n) is 8.58. The Bertz CT molecular complexity index is 408. The molecular weight excluding hydrogens is 230 g/mol. The largest absolute Gasteiger partial charge is 0.480 e. The molecule has 0 fully saturated rings. The topological polar surface area (TPSA) is 87.5 Å². The summed E-state index contributed by atoms with van der Waals surface area (Å²) >= 11 is 1.05.